The number of benzene rings is 2. The Labute approximate surface area is 210 Å². The van der Waals surface area contributed by atoms with Crippen LogP contribution in [0.5, 0.6) is 5.75 Å². The van der Waals surface area contributed by atoms with E-state index >= 15 is 0 Å². The van der Waals surface area contributed by atoms with Crippen LogP contribution in [-0.2, 0) is 22.6 Å². The molecule has 1 spiro atoms. The molecule has 182 valence electrons. The van der Waals surface area contributed by atoms with Crippen molar-refractivity contribution >= 4 is 35.1 Å². The number of ether oxygens (including phenoxy) is 2. The first-order valence-electron chi connectivity index (χ1n) is 11.3. The van der Waals surface area contributed by atoms with E-state index < -0.39 is 5.54 Å². The summed E-state index contributed by atoms with van der Waals surface area (Å²) in [6.45, 7) is 2.84. The Morgan fingerprint density at radius 2 is 1.65 bits per heavy atom. The van der Waals surface area contributed by atoms with Crippen LogP contribution in [0, 0.1) is 0 Å². The van der Waals surface area contributed by atoms with Crippen molar-refractivity contribution < 1.29 is 19.1 Å². The van der Waals surface area contributed by atoms with Crippen LogP contribution in [0.3, 0.4) is 0 Å². The number of urea groups is 1. The summed E-state index contributed by atoms with van der Waals surface area (Å²) in [5.41, 5.74) is 0.858. The summed E-state index contributed by atoms with van der Waals surface area (Å²) in [6.07, 6.45) is 1.08. The minimum atomic E-state index is -0.866. The third kappa shape index (κ3) is 4.75. The molecule has 0 bridgehead atoms. The highest BCUT2D eigenvalue weighted by molar-refractivity contribution is 6.35. The van der Waals surface area contributed by atoms with Crippen molar-refractivity contribution in [3.8, 4) is 5.75 Å². The van der Waals surface area contributed by atoms with Gasteiger partial charge in [-0.2, -0.15) is 0 Å². The van der Waals surface area contributed by atoms with Gasteiger partial charge >= 0.3 is 6.03 Å². The summed E-state index contributed by atoms with van der Waals surface area (Å²) >= 11 is 12.7. The van der Waals surface area contributed by atoms with Crippen molar-refractivity contribution in [1.29, 1.82) is 0 Å². The van der Waals surface area contributed by atoms with E-state index in [2.05, 4.69) is 4.90 Å². The highest BCUT2D eigenvalue weighted by atomic mass is 35.5. The maximum atomic E-state index is 13.7. The number of amides is 3. The third-order valence-electron chi connectivity index (χ3n) is 6.74. The van der Waals surface area contributed by atoms with Gasteiger partial charge < -0.3 is 14.4 Å². The lowest BCUT2D eigenvalue weighted by Crippen LogP contribution is -2.57. The molecule has 0 aliphatic carbocycles. The number of nitrogens with zero attached hydrogens (tertiary/aromatic N) is 3. The first kappa shape index (κ1) is 24.8. The number of hydrogen-bond donors (Lipinski definition) is 0. The van der Waals surface area contributed by atoms with Gasteiger partial charge in [0.1, 0.15) is 11.3 Å². The van der Waals surface area contributed by atoms with Gasteiger partial charge in [0, 0.05) is 48.9 Å². The molecule has 9 heteroatoms. The van der Waals surface area contributed by atoms with Crippen LogP contribution in [-0.4, -0.2) is 72.6 Å². The molecule has 7 nitrogen and oxygen atoms in total. The highest BCUT2D eigenvalue weighted by Crippen LogP contribution is 2.39. The summed E-state index contributed by atoms with van der Waals surface area (Å²) < 4.78 is 10.5. The number of imide groups is 1. The Morgan fingerprint density at radius 1 is 0.971 bits per heavy atom. The zero-order valence-electron chi connectivity index (χ0n) is 19.4. The van der Waals surface area contributed by atoms with Gasteiger partial charge in [-0.05, 0) is 42.7 Å². The van der Waals surface area contributed by atoms with Gasteiger partial charge in [0.2, 0.25) is 0 Å². The van der Waals surface area contributed by atoms with Gasteiger partial charge in [0.15, 0.2) is 0 Å². The number of piperidine rings is 1. The predicted molar refractivity (Wildman–Crippen MR) is 131 cm³/mol. The number of rotatable bonds is 8. The minimum absolute atomic E-state index is 0.146. The molecule has 0 radical (unpaired) electrons. The number of halogens is 2. The van der Waals surface area contributed by atoms with Gasteiger partial charge in [-0.15, -0.1) is 0 Å². The van der Waals surface area contributed by atoms with Crippen molar-refractivity contribution in [2.75, 3.05) is 40.5 Å². The van der Waals surface area contributed by atoms with Gasteiger partial charge in [0.25, 0.3) is 5.91 Å². The van der Waals surface area contributed by atoms with E-state index in [0.29, 0.717) is 61.4 Å². The van der Waals surface area contributed by atoms with Crippen molar-refractivity contribution in [3.05, 3.63) is 63.6 Å². The average Bonchev–Trinajstić information content (AvgIpc) is 3.02. The second-order valence-corrected chi connectivity index (χ2v) is 9.49. The second-order valence-electron chi connectivity index (χ2n) is 8.68. The van der Waals surface area contributed by atoms with E-state index in [0.717, 1.165) is 11.1 Å². The summed E-state index contributed by atoms with van der Waals surface area (Å²) in [4.78, 5) is 32.4. The van der Waals surface area contributed by atoms with Crippen molar-refractivity contribution in [2.24, 2.45) is 0 Å². The first-order valence-corrected chi connectivity index (χ1v) is 12.1. The van der Waals surface area contributed by atoms with Crippen LogP contribution in [0.25, 0.3) is 0 Å². The second kappa shape index (κ2) is 10.5. The average molecular weight is 506 g/mol. The Bertz CT molecular complexity index is 1040. The van der Waals surface area contributed by atoms with Crippen LogP contribution in [0.2, 0.25) is 10.0 Å². The van der Waals surface area contributed by atoms with Crippen LogP contribution < -0.4 is 4.74 Å². The number of hydrogen-bond acceptors (Lipinski definition) is 5. The first-order chi connectivity index (χ1) is 16.4. The van der Waals surface area contributed by atoms with Crippen molar-refractivity contribution in [2.45, 2.75) is 31.5 Å². The Hall–Kier alpha value is -2.32. The summed E-state index contributed by atoms with van der Waals surface area (Å²) in [5.74, 6) is 0.543. The molecule has 0 saturated carbocycles. The molecule has 2 heterocycles. The fourth-order valence-corrected chi connectivity index (χ4v) is 5.36. The van der Waals surface area contributed by atoms with Crippen LogP contribution in [0.15, 0.2) is 42.5 Å². The quantitative estimate of drug-likeness (QED) is 0.496. The summed E-state index contributed by atoms with van der Waals surface area (Å²) in [5, 5.41) is 1.26. The molecule has 34 heavy (non-hydrogen) atoms. The third-order valence-corrected chi connectivity index (χ3v) is 7.45. The predicted octanol–water partition coefficient (Wildman–Crippen LogP) is 4.45. The molecule has 3 amide bonds. The molecular formula is C25H29Cl2N3O4. The maximum absolute atomic E-state index is 13.7. The molecule has 2 saturated heterocycles. The summed E-state index contributed by atoms with van der Waals surface area (Å²) in [7, 11) is 3.19. The lowest BCUT2D eigenvalue weighted by atomic mass is 9.85. The van der Waals surface area contributed by atoms with Crippen molar-refractivity contribution in [1.82, 2.24) is 14.7 Å². The summed E-state index contributed by atoms with van der Waals surface area (Å²) in [6, 6.07) is 12.7. The molecule has 0 aromatic heterocycles. The number of methoxy groups -OCH3 is 2. The van der Waals surface area contributed by atoms with Gasteiger partial charge in [-0.25, -0.2) is 4.79 Å². The van der Waals surface area contributed by atoms with E-state index in [1.54, 1.807) is 19.1 Å². The molecule has 4 rings (SSSR count). The standard InChI is InChI=1S/C25H29Cl2N3O4/c1-33-14-13-30-24(32)29(16-18-5-3-6-19(15-18)34-2)23(31)25(30)9-11-28(12-10-25)17-20-21(26)7-4-8-22(20)27/h3-8,15H,9-14,16-17H2,1-2H3. The molecule has 2 aliphatic heterocycles. The Morgan fingerprint density at radius 3 is 2.29 bits per heavy atom. The molecule has 2 aromatic rings. The lowest BCUT2D eigenvalue weighted by molar-refractivity contribution is -0.136. The largest absolute Gasteiger partial charge is 0.497 e. The molecule has 2 aromatic carbocycles. The number of likely N-dealkylation sites (tertiary alicyclic amines) is 1. The zero-order chi connectivity index (χ0) is 24.3. The lowest BCUT2D eigenvalue weighted by Gasteiger charge is -2.42. The SMILES string of the molecule is COCCN1C(=O)N(Cc2cccc(OC)c2)C(=O)C12CCN(Cc1c(Cl)cccc1Cl)CC2. The van der Waals surface area contributed by atoms with E-state index in [9.17, 15) is 9.59 Å². The number of carbonyl (C=O) groups is 2. The fraction of sp³-hybridized carbons (Fsp3) is 0.440. The van der Waals surface area contributed by atoms with E-state index in [1.165, 1.54) is 4.90 Å². The highest BCUT2D eigenvalue weighted by Gasteiger charge is 2.57. The van der Waals surface area contributed by atoms with Crippen LogP contribution in [0.4, 0.5) is 4.79 Å². The van der Waals surface area contributed by atoms with Crippen LogP contribution >= 0.6 is 23.2 Å². The Kier molecular flexibility index (Phi) is 7.67. The monoisotopic (exact) mass is 505 g/mol. The minimum Gasteiger partial charge on any atom is -0.497 e. The smallest absolute Gasteiger partial charge is 0.328 e. The van der Waals surface area contributed by atoms with E-state index in [4.69, 9.17) is 32.7 Å². The van der Waals surface area contributed by atoms with Gasteiger partial charge in [0.05, 0.1) is 20.3 Å². The zero-order valence-corrected chi connectivity index (χ0v) is 20.9. The number of carbonyl (C=O) groups excluding carboxylic acids is 2. The van der Waals surface area contributed by atoms with E-state index in [1.807, 2.05) is 42.5 Å². The van der Waals surface area contributed by atoms with Gasteiger partial charge in [-0.3, -0.25) is 14.6 Å². The molecule has 0 N–H and O–H groups in total. The Balaban J connectivity index is 1.53. The normalized spacial score (nSPS) is 18.2. The molecule has 2 aliphatic rings. The fourth-order valence-electron chi connectivity index (χ4n) is 4.84. The topological polar surface area (TPSA) is 62.3 Å². The van der Waals surface area contributed by atoms with Crippen molar-refractivity contribution in [3.63, 3.8) is 0 Å². The van der Waals surface area contributed by atoms with Crippen LogP contribution in [0.1, 0.15) is 24.0 Å². The molecule has 0 unspecified atom stereocenters. The molecule has 0 atom stereocenters. The van der Waals surface area contributed by atoms with Gasteiger partial charge in [-0.1, -0.05) is 41.4 Å². The molecule has 2 fully saturated rings. The van der Waals surface area contributed by atoms with E-state index in [-0.39, 0.29) is 18.5 Å². The maximum Gasteiger partial charge on any atom is 0.328 e. The molecular weight excluding hydrogens is 477 g/mol.